The quantitative estimate of drug-likeness (QED) is 0.566. The summed E-state index contributed by atoms with van der Waals surface area (Å²) in [4.78, 5) is 10.3. The van der Waals surface area contributed by atoms with Crippen molar-refractivity contribution in [3.05, 3.63) is 0 Å². The fraction of sp³-hybridized carbons (Fsp3) is 0.857. The third kappa shape index (κ3) is 5.35. The van der Waals surface area contributed by atoms with Gasteiger partial charge in [0.2, 0.25) is 5.72 Å². The van der Waals surface area contributed by atoms with Gasteiger partial charge in [-0.05, 0) is 5.41 Å². The molecule has 0 aromatic carbocycles. The first-order valence-electron chi connectivity index (χ1n) is 3.40. The van der Waals surface area contributed by atoms with E-state index < -0.39 is 11.7 Å². The second-order valence-electron chi connectivity index (χ2n) is 3.97. The number of nitrogens with two attached hydrogens (primary N) is 1. The molecule has 0 fully saturated rings. The molecule has 0 rings (SSSR count). The fourth-order valence-corrected chi connectivity index (χ4v) is 0.884. The summed E-state index contributed by atoms with van der Waals surface area (Å²) in [5.74, 6) is -1.38. The minimum Gasteiger partial charge on any atom is -0.478 e. The van der Waals surface area contributed by atoms with Gasteiger partial charge < -0.3 is 10.2 Å². The molecule has 1 unspecified atom stereocenters. The van der Waals surface area contributed by atoms with Crippen LogP contribution in [0.4, 0.5) is 0 Å². The number of hydrogen-bond acceptors (Lipinski definition) is 3. The molecule has 0 heterocycles. The third-order valence-electron chi connectivity index (χ3n) is 1.17. The molecule has 12 heavy (non-hydrogen) atoms. The Kier molecular flexibility index (Phi) is 4.82. The summed E-state index contributed by atoms with van der Waals surface area (Å²) in [7, 11) is 0. The van der Waals surface area contributed by atoms with Crippen LogP contribution < -0.4 is 5.73 Å². The maximum Gasteiger partial charge on any atom is 0.351 e. The summed E-state index contributed by atoms with van der Waals surface area (Å²) in [5.41, 5.74) is 2.71. The van der Waals surface area contributed by atoms with Crippen molar-refractivity contribution in [1.82, 2.24) is 0 Å². The highest BCUT2D eigenvalue weighted by molar-refractivity contribution is 5.85. The molecule has 4 nitrogen and oxygen atoms in total. The molecule has 5 heteroatoms. The first-order chi connectivity index (χ1) is 4.65. The van der Waals surface area contributed by atoms with Gasteiger partial charge in [0.1, 0.15) is 0 Å². The van der Waals surface area contributed by atoms with Crippen LogP contribution in [0, 0.1) is 5.41 Å². The van der Waals surface area contributed by atoms with Crippen molar-refractivity contribution in [2.75, 3.05) is 0 Å². The molecule has 0 saturated heterocycles. The van der Waals surface area contributed by atoms with Gasteiger partial charge in [0.05, 0.1) is 0 Å². The first kappa shape index (κ1) is 14.2. The maximum atomic E-state index is 10.3. The zero-order chi connectivity index (χ0) is 9.28. The Morgan fingerprint density at radius 3 is 1.83 bits per heavy atom. The summed E-state index contributed by atoms with van der Waals surface area (Å²) in [6, 6.07) is 0. The normalized spacial score (nSPS) is 16.1. The van der Waals surface area contributed by atoms with Crippen LogP contribution in [-0.2, 0) is 4.79 Å². The van der Waals surface area contributed by atoms with Gasteiger partial charge in [-0.15, -0.1) is 12.4 Å². The van der Waals surface area contributed by atoms with Crippen LogP contribution in [0.2, 0.25) is 0 Å². The maximum absolute atomic E-state index is 10.3. The van der Waals surface area contributed by atoms with Gasteiger partial charge in [-0.3, -0.25) is 5.73 Å². The number of aliphatic carboxylic acids is 1. The fourth-order valence-electron chi connectivity index (χ4n) is 0.884. The highest BCUT2D eigenvalue weighted by Crippen LogP contribution is 2.24. The lowest BCUT2D eigenvalue weighted by molar-refractivity contribution is -0.161. The second kappa shape index (κ2) is 4.07. The molecule has 0 aromatic heterocycles. The van der Waals surface area contributed by atoms with Gasteiger partial charge in [0, 0.05) is 6.42 Å². The van der Waals surface area contributed by atoms with Gasteiger partial charge in [0.25, 0.3) is 0 Å². The van der Waals surface area contributed by atoms with E-state index in [1.807, 2.05) is 20.8 Å². The Bertz CT molecular complexity index is 163. The van der Waals surface area contributed by atoms with Gasteiger partial charge in [-0.1, -0.05) is 20.8 Å². The molecule has 74 valence electrons. The third-order valence-corrected chi connectivity index (χ3v) is 1.17. The predicted molar refractivity (Wildman–Crippen MR) is 48.1 cm³/mol. The van der Waals surface area contributed by atoms with Crippen molar-refractivity contribution in [3.8, 4) is 0 Å². The number of halogens is 1. The van der Waals surface area contributed by atoms with Gasteiger partial charge in [-0.2, -0.15) is 0 Å². The monoisotopic (exact) mass is 197 g/mol. The van der Waals surface area contributed by atoms with Crippen LogP contribution >= 0.6 is 12.4 Å². The molecule has 0 aliphatic heterocycles. The molecule has 0 amide bonds. The number of carboxylic acids is 1. The Morgan fingerprint density at radius 1 is 1.42 bits per heavy atom. The molecule has 0 bridgehead atoms. The summed E-state index contributed by atoms with van der Waals surface area (Å²) >= 11 is 0. The van der Waals surface area contributed by atoms with Gasteiger partial charge >= 0.3 is 5.97 Å². The Morgan fingerprint density at radius 2 is 1.75 bits per heavy atom. The number of aliphatic hydroxyl groups is 1. The largest absolute Gasteiger partial charge is 0.478 e. The molecule has 0 saturated carbocycles. The summed E-state index contributed by atoms with van der Waals surface area (Å²) in [5, 5.41) is 17.5. The van der Waals surface area contributed by atoms with E-state index in [-0.39, 0.29) is 24.2 Å². The van der Waals surface area contributed by atoms with Crippen molar-refractivity contribution >= 4 is 18.4 Å². The molecular weight excluding hydrogens is 182 g/mol. The van der Waals surface area contributed by atoms with Crippen molar-refractivity contribution < 1.29 is 15.0 Å². The van der Waals surface area contributed by atoms with Crippen LogP contribution in [0.25, 0.3) is 0 Å². The predicted octanol–water partition coefficient (Wildman–Crippen LogP) is 0.576. The van der Waals surface area contributed by atoms with E-state index in [9.17, 15) is 4.79 Å². The average molecular weight is 198 g/mol. The van der Waals surface area contributed by atoms with Gasteiger partial charge in [0.15, 0.2) is 0 Å². The first-order valence-corrected chi connectivity index (χ1v) is 3.40. The lowest BCUT2D eigenvalue weighted by atomic mass is 9.86. The molecule has 0 aliphatic carbocycles. The van der Waals surface area contributed by atoms with Crippen molar-refractivity contribution in [1.29, 1.82) is 0 Å². The molecule has 0 radical (unpaired) electrons. The Labute approximate surface area is 78.2 Å². The SMILES string of the molecule is CC(C)(C)CC(N)(O)C(=O)O.Cl. The molecule has 0 aromatic rings. The molecule has 4 N–H and O–H groups in total. The zero-order valence-corrected chi connectivity index (χ0v) is 8.31. The van der Waals surface area contributed by atoms with E-state index in [4.69, 9.17) is 15.9 Å². The van der Waals surface area contributed by atoms with E-state index in [2.05, 4.69) is 0 Å². The minimum absolute atomic E-state index is 0. The van der Waals surface area contributed by atoms with Crippen molar-refractivity contribution in [2.24, 2.45) is 11.1 Å². The standard InChI is InChI=1S/C7H15NO3.ClH/c1-6(2,3)4-7(8,11)5(9)10;/h11H,4,8H2,1-3H3,(H,9,10);1H. The molecular formula is C7H16ClNO3. The highest BCUT2D eigenvalue weighted by Gasteiger charge is 2.35. The lowest BCUT2D eigenvalue weighted by Crippen LogP contribution is -2.50. The summed E-state index contributed by atoms with van der Waals surface area (Å²) < 4.78 is 0. The van der Waals surface area contributed by atoms with E-state index in [0.29, 0.717) is 0 Å². The smallest absolute Gasteiger partial charge is 0.351 e. The molecule has 1 atom stereocenters. The van der Waals surface area contributed by atoms with E-state index >= 15 is 0 Å². The van der Waals surface area contributed by atoms with E-state index in [1.54, 1.807) is 0 Å². The number of carboxylic acid groups (broad SMARTS) is 1. The second-order valence-corrected chi connectivity index (χ2v) is 3.97. The average Bonchev–Trinajstić information content (AvgIpc) is 1.56. The zero-order valence-electron chi connectivity index (χ0n) is 7.50. The molecule has 0 spiro atoms. The van der Waals surface area contributed by atoms with Crippen LogP contribution in [-0.4, -0.2) is 21.9 Å². The van der Waals surface area contributed by atoms with Crippen LogP contribution in [0.3, 0.4) is 0 Å². The van der Waals surface area contributed by atoms with Crippen LogP contribution in [0.1, 0.15) is 27.2 Å². The van der Waals surface area contributed by atoms with E-state index in [0.717, 1.165) is 0 Å². The number of carbonyl (C=O) groups is 1. The topological polar surface area (TPSA) is 83.5 Å². The Balaban J connectivity index is 0. The minimum atomic E-state index is -2.10. The number of rotatable bonds is 2. The van der Waals surface area contributed by atoms with Gasteiger partial charge in [-0.25, -0.2) is 4.79 Å². The summed E-state index contributed by atoms with van der Waals surface area (Å²) in [6.07, 6.45) is 0.0370. The summed E-state index contributed by atoms with van der Waals surface area (Å²) in [6.45, 7) is 5.44. The van der Waals surface area contributed by atoms with Crippen molar-refractivity contribution in [3.63, 3.8) is 0 Å². The van der Waals surface area contributed by atoms with Crippen LogP contribution in [0.5, 0.6) is 0 Å². The highest BCUT2D eigenvalue weighted by atomic mass is 35.5. The van der Waals surface area contributed by atoms with Crippen LogP contribution in [0.15, 0.2) is 0 Å². The Hall–Kier alpha value is -0.320. The molecule has 0 aliphatic rings. The number of hydrogen-bond donors (Lipinski definition) is 3. The lowest BCUT2D eigenvalue weighted by Gasteiger charge is -2.26. The van der Waals surface area contributed by atoms with E-state index in [1.165, 1.54) is 0 Å². The van der Waals surface area contributed by atoms with Crippen molar-refractivity contribution in [2.45, 2.75) is 32.9 Å².